The fourth-order valence-corrected chi connectivity index (χ4v) is 1.78. The van der Waals surface area contributed by atoms with E-state index in [0.717, 1.165) is 23.1 Å². The molecule has 1 rings (SSSR count). The lowest BCUT2D eigenvalue weighted by Crippen LogP contribution is -2.07. The first kappa shape index (κ1) is 13.5. The van der Waals surface area contributed by atoms with Crippen molar-refractivity contribution >= 4 is 6.16 Å². The van der Waals surface area contributed by atoms with Crippen molar-refractivity contribution in [2.45, 2.75) is 27.2 Å². The van der Waals surface area contributed by atoms with E-state index >= 15 is 0 Å². The van der Waals surface area contributed by atoms with E-state index in [9.17, 15) is 4.79 Å². The maximum atomic E-state index is 10.5. The highest BCUT2D eigenvalue weighted by Gasteiger charge is 2.10. The molecule has 0 unspecified atom stereocenters. The van der Waals surface area contributed by atoms with Crippen molar-refractivity contribution in [3.05, 3.63) is 28.8 Å². The smallest absolute Gasteiger partial charge is 0.449 e. The lowest BCUT2D eigenvalue weighted by atomic mass is 9.99. The first-order valence-electron chi connectivity index (χ1n) is 5.63. The average molecular weight is 238 g/mol. The molecular weight excluding hydrogens is 220 g/mol. The quantitative estimate of drug-likeness (QED) is 0.487. The second kappa shape index (κ2) is 6.25. The minimum Gasteiger partial charge on any atom is -0.449 e. The first-order valence-corrected chi connectivity index (χ1v) is 5.63. The van der Waals surface area contributed by atoms with Gasteiger partial charge in [-0.05, 0) is 49.9 Å². The molecule has 1 N–H and O–H groups in total. The molecule has 94 valence electrons. The largest absolute Gasteiger partial charge is 0.511 e. The van der Waals surface area contributed by atoms with Crippen LogP contribution in [0.1, 0.15) is 23.6 Å². The summed E-state index contributed by atoms with van der Waals surface area (Å²) in [6, 6.07) is 3.55. The van der Waals surface area contributed by atoms with Gasteiger partial charge < -0.3 is 14.6 Å². The van der Waals surface area contributed by atoms with Crippen molar-refractivity contribution in [3.8, 4) is 5.75 Å². The molecule has 0 saturated carbocycles. The Balaban J connectivity index is 2.90. The van der Waals surface area contributed by atoms with Crippen LogP contribution >= 0.6 is 0 Å². The summed E-state index contributed by atoms with van der Waals surface area (Å²) < 4.78 is 10.0. The fourth-order valence-electron chi connectivity index (χ4n) is 1.78. The second-order valence-corrected chi connectivity index (χ2v) is 3.80. The van der Waals surface area contributed by atoms with E-state index in [4.69, 9.17) is 14.6 Å². The molecule has 0 aromatic heterocycles. The van der Waals surface area contributed by atoms with Crippen LogP contribution in [0, 0.1) is 13.8 Å². The molecule has 0 heterocycles. The van der Waals surface area contributed by atoms with Crippen LogP contribution in [0.25, 0.3) is 0 Å². The number of hydrogen-bond acceptors (Lipinski definition) is 3. The molecule has 0 amide bonds. The number of carboxylic acid groups (broad SMARTS) is 1. The number of aryl methyl sites for hydroxylation is 1. The number of hydrogen-bond donors (Lipinski definition) is 1. The lowest BCUT2D eigenvalue weighted by molar-refractivity contribution is 0.144. The highest BCUT2D eigenvalue weighted by Crippen LogP contribution is 2.25. The lowest BCUT2D eigenvalue weighted by Gasteiger charge is -2.13. The summed E-state index contributed by atoms with van der Waals surface area (Å²) in [7, 11) is 0. The molecule has 0 radical (unpaired) electrons. The Bertz CT molecular complexity index is 399. The second-order valence-electron chi connectivity index (χ2n) is 3.80. The SMILES string of the molecule is CCOCCc1c(C)ccc(OC(=O)O)c1C. The Morgan fingerprint density at radius 1 is 1.35 bits per heavy atom. The van der Waals surface area contributed by atoms with E-state index < -0.39 is 6.16 Å². The van der Waals surface area contributed by atoms with Gasteiger partial charge in [-0.3, -0.25) is 0 Å². The maximum absolute atomic E-state index is 10.5. The molecule has 0 aliphatic rings. The van der Waals surface area contributed by atoms with Crippen molar-refractivity contribution in [2.24, 2.45) is 0 Å². The molecule has 1 aromatic carbocycles. The Kier molecular flexibility index (Phi) is 4.97. The zero-order chi connectivity index (χ0) is 12.8. The molecule has 0 aliphatic carbocycles. The van der Waals surface area contributed by atoms with Gasteiger partial charge in [0.25, 0.3) is 0 Å². The summed E-state index contributed by atoms with van der Waals surface area (Å²) in [6.07, 6.45) is -0.518. The number of benzene rings is 1. The summed E-state index contributed by atoms with van der Waals surface area (Å²) in [5.41, 5.74) is 3.09. The van der Waals surface area contributed by atoms with Gasteiger partial charge in [0, 0.05) is 6.61 Å². The third-order valence-electron chi connectivity index (χ3n) is 2.68. The van der Waals surface area contributed by atoms with Crippen LogP contribution in [0.15, 0.2) is 12.1 Å². The fraction of sp³-hybridized carbons (Fsp3) is 0.462. The summed E-state index contributed by atoms with van der Waals surface area (Å²) in [5, 5.41) is 8.62. The maximum Gasteiger partial charge on any atom is 0.511 e. The third kappa shape index (κ3) is 3.75. The Hall–Kier alpha value is -1.55. The molecule has 0 bridgehead atoms. The topological polar surface area (TPSA) is 55.8 Å². The van der Waals surface area contributed by atoms with Gasteiger partial charge in [-0.1, -0.05) is 6.07 Å². The number of rotatable bonds is 5. The monoisotopic (exact) mass is 238 g/mol. The van der Waals surface area contributed by atoms with Gasteiger partial charge in [0.1, 0.15) is 5.75 Å². The van der Waals surface area contributed by atoms with Crippen molar-refractivity contribution in [1.29, 1.82) is 0 Å². The number of ether oxygens (including phenoxy) is 2. The Labute approximate surface area is 101 Å². The zero-order valence-electron chi connectivity index (χ0n) is 10.4. The summed E-state index contributed by atoms with van der Waals surface area (Å²) in [5.74, 6) is 0.398. The molecular formula is C13H18O4. The predicted octanol–water partition coefficient (Wildman–Crippen LogP) is 2.94. The minimum absolute atomic E-state index is 0.398. The molecule has 1 aromatic rings. The van der Waals surface area contributed by atoms with E-state index in [1.807, 2.05) is 26.8 Å². The highest BCUT2D eigenvalue weighted by atomic mass is 16.7. The standard InChI is InChI=1S/C13H18O4/c1-4-16-8-7-11-9(2)5-6-12(10(11)3)17-13(14)15/h5-6H,4,7-8H2,1-3H3,(H,14,15). The molecule has 4 heteroatoms. The van der Waals surface area contributed by atoms with Crippen molar-refractivity contribution in [2.75, 3.05) is 13.2 Å². The normalized spacial score (nSPS) is 10.3. The molecule has 0 fully saturated rings. The van der Waals surface area contributed by atoms with Gasteiger partial charge in [0.2, 0.25) is 0 Å². The van der Waals surface area contributed by atoms with Gasteiger partial charge >= 0.3 is 6.16 Å². The summed E-state index contributed by atoms with van der Waals surface area (Å²) in [6.45, 7) is 7.13. The van der Waals surface area contributed by atoms with Crippen molar-refractivity contribution < 1.29 is 19.4 Å². The molecule has 17 heavy (non-hydrogen) atoms. The number of carbonyl (C=O) groups is 1. The van der Waals surface area contributed by atoms with Crippen molar-refractivity contribution in [3.63, 3.8) is 0 Å². The molecule has 0 aliphatic heterocycles. The van der Waals surface area contributed by atoms with Gasteiger partial charge in [0.05, 0.1) is 6.61 Å². The van der Waals surface area contributed by atoms with Crippen LogP contribution in [-0.4, -0.2) is 24.5 Å². The molecule has 0 atom stereocenters. The van der Waals surface area contributed by atoms with E-state index in [2.05, 4.69) is 0 Å². The Morgan fingerprint density at radius 2 is 2.06 bits per heavy atom. The zero-order valence-corrected chi connectivity index (χ0v) is 10.4. The van der Waals surface area contributed by atoms with Crippen LogP contribution in [0.4, 0.5) is 4.79 Å². The minimum atomic E-state index is -1.28. The molecule has 0 spiro atoms. The molecule has 4 nitrogen and oxygen atoms in total. The van der Waals surface area contributed by atoms with E-state index in [1.54, 1.807) is 6.07 Å². The average Bonchev–Trinajstić information content (AvgIpc) is 2.27. The van der Waals surface area contributed by atoms with Gasteiger partial charge in [-0.2, -0.15) is 0 Å². The van der Waals surface area contributed by atoms with Crippen LogP contribution in [0.3, 0.4) is 0 Å². The van der Waals surface area contributed by atoms with Crippen LogP contribution in [0.2, 0.25) is 0 Å². The van der Waals surface area contributed by atoms with Gasteiger partial charge in [-0.25, -0.2) is 4.79 Å². The van der Waals surface area contributed by atoms with Gasteiger partial charge in [-0.15, -0.1) is 0 Å². The molecule has 0 saturated heterocycles. The highest BCUT2D eigenvalue weighted by molar-refractivity contribution is 5.62. The summed E-state index contributed by atoms with van der Waals surface area (Å²) in [4.78, 5) is 10.5. The first-order chi connectivity index (χ1) is 8.06. The van der Waals surface area contributed by atoms with E-state index in [0.29, 0.717) is 19.0 Å². The predicted molar refractivity (Wildman–Crippen MR) is 64.8 cm³/mol. The van der Waals surface area contributed by atoms with E-state index in [1.165, 1.54) is 0 Å². The van der Waals surface area contributed by atoms with Gasteiger partial charge in [0.15, 0.2) is 0 Å². The van der Waals surface area contributed by atoms with Crippen LogP contribution < -0.4 is 4.74 Å². The summed E-state index contributed by atoms with van der Waals surface area (Å²) >= 11 is 0. The Morgan fingerprint density at radius 3 is 2.65 bits per heavy atom. The van der Waals surface area contributed by atoms with E-state index in [-0.39, 0.29) is 0 Å². The van der Waals surface area contributed by atoms with Crippen LogP contribution in [0.5, 0.6) is 5.75 Å². The van der Waals surface area contributed by atoms with Crippen LogP contribution in [-0.2, 0) is 11.2 Å². The third-order valence-corrected chi connectivity index (χ3v) is 2.68. The van der Waals surface area contributed by atoms with Crippen molar-refractivity contribution in [1.82, 2.24) is 0 Å².